The molecule has 12 aromatic carbocycles. The van der Waals surface area contributed by atoms with Crippen LogP contribution in [0.4, 0.5) is 0 Å². The van der Waals surface area contributed by atoms with E-state index in [9.17, 15) is 0 Å². The number of hydrogen-bond acceptors (Lipinski definition) is 0. The number of benzene rings is 12. The molecule has 14 rings (SSSR count). The molecule has 2 aliphatic rings. The lowest BCUT2D eigenvalue weighted by atomic mass is 9.80. The Morgan fingerprint density at radius 2 is 0.672 bits per heavy atom. The third kappa shape index (κ3) is 3.85. The highest BCUT2D eigenvalue weighted by Crippen LogP contribution is 2.60. The maximum absolute atomic E-state index is 2.49. The van der Waals surface area contributed by atoms with Gasteiger partial charge in [0.1, 0.15) is 0 Å². The summed E-state index contributed by atoms with van der Waals surface area (Å²) < 4.78 is 0. The quantitative estimate of drug-likeness (QED) is 0.156. The zero-order valence-corrected chi connectivity index (χ0v) is 31.5. The van der Waals surface area contributed by atoms with Crippen molar-refractivity contribution >= 4 is 75.4 Å². The van der Waals surface area contributed by atoms with Crippen molar-refractivity contribution in [2.75, 3.05) is 0 Å². The van der Waals surface area contributed by atoms with Crippen molar-refractivity contribution in [3.05, 3.63) is 194 Å². The summed E-state index contributed by atoms with van der Waals surface area (Å²) in [5, 5.41) is 18.3. The van der Waals surface area contributed by atoms with Gasteiger partial charge in [-0.25, -0.2) is 0 Å². The predicted molar refractivity (Wildman–Crippen MR) is 249 cm³/mol. The Hall–Kier alpha value is -7.54. The Bertz CT molecular complexity index is 3810. The zero-order chi connectivity index (χ0) is 37.6. The number of rotatable bonds is 2. The lowest BCUT2D eigenvalue weighted by Crippen LogP contribution is -1.95. The normalized spacial score (nSPS) is 12.5. The third-order valence-electron chi connectivity index (χ3n) is 13.4. The summed E-state index contributed by atoms with van der Waals surface area (Å²) in [5.74, 6) is 0. The van der Waals surface area contributed by atoms with Crippen LogP contribution >= 0.6 is 0 Å². The molecule has 0 amide bonds. The summed E-state index contributed by atoms with van der Waals surface area (Å²) in [5.41, 5.74) is 15.8. The standard InChI is InChI=1S/C58H32/c1-3-13-33(14-4-1)52-46-28-27-40-44(26-25-37-29-48-49(32-47(37)40)43-23-11-21-41-38-19-9-7-17-35(38)30-50(48)54(41)43)56(46)53(34-15-5-2-6-16-34)57-45-24-12-22-42-39-20-10-8-18-36(39)31-51(55(42)45)58(52)57/h1-32H. The highest BCUT2D eigenvalue weighted by Gasteiger charge is 2.32. The maximum Gasteiger partial charge on any atom is -0.000719 e. The summed E-state index contributed by atoms with van der Waals surface area (Å²) >= 11 is 0. The van der Waals surface area contributed by atoms with Crippen LogP contribution in [0.2, 0.25) is 0 Å². The summed E-state index contributed by atoms with van der Waals surface area (Å²) in [6.45, 7) is 0. The lowest BCUT2D eigenvalue weighted by molar-refractivity contribution is 1.63. The molecular weight excluding hydrogens is 697 g/mol. The van der Waals surface area contributed by atoms with E-state index >= 15 is 0 Å². The minimum atomic E-state index is 1.24. The molecule has 0 atom stereocenters. The van der Waals surface area contributed by atoms with Gasteiger partial charge in [-0.3, -0.25) is 0 Å². The Morgan fingerprint density at radius 1 is 0.190 bits per heavy atom. The molecule has 2 aliphatic carbocycles. The van der Waals surface area contributed by atoms with E-state index in [1.54, 1.807) is 0 Å². The van der Waals surface area contributed by atoms with E-state index in [2.05, 4.69) is 194 Å². The molecule has 0 saturated heterocycles. The van der Waals surface area contributed by atoms with Crippen LogP contribution in [0.15, 0.2) is 194 Å². The summed E-state index contributed by atoms with van der Waals surface area (Å²) in [6, 6.07) is 73.3. The van der Waals surface area contributed by atoms with Gasteiger partial charge in [0.15, 0.2) is 0 Å². The van der Waals surface area contributed by atoms with Crippen molar-refractivity contribution in [1.29, 1.82) is 0 Å². The Kier molecular flexibility index (Phi) is 5.85. The molecule has 58 heavy (non-hydrogen) atoms. The first-order valence-corrected chi connectivity index (χ1v) is 20.3. The largest absolute Gasteiger partial charge is 0.0622 e. The molecule has 0 fully saturated rings. The molecule has 12 aromatic rings. The fourth-order valence-corrected chi connectivity index (χ4v) is 11.1. The monoisotopic (exact) mass is 728 g/mol. The molecule has 0 radical (unpaired) electrons. The Morgan fingerprint density at radius 3 is 1.40 bits per heavy atom. The molecule has 0 saturated carbocycles. The van der Waals surface area contributed by atoms with Gasteiger partial charge >= 0.3 is 0 Å². The second-order valence-electron chi connectivity index (χ2n) is 16.2. The van der Waals surface area contributed by atoms with Gasteiger partial charge in [0.05, 0.1) is 0 Å². The first-order valence-electron chi connectivity index (χ1n) is 20.3. The van der Waals surface area contributed by atoms with Crippen LogP contribution < -0.4 is 0 Å². The molecule has 0 heterocycles. The topological polar surface area (TPSA) is 0 Å². The fourth-order valence-electron chi connectivity index (χ4n) is 11.1. The van der Waals surface area contributed by atoms with Crippen LogP contribution in [0.1, 0.15) is 0 Å². The predicted octanol–water partition coefficient (Wildman–Crippen LogP) is 16.4. The van der Waals surface area contributed by atoms with E-state index in [4.69, 9.17) is 0 Å². The van der Waals surface area contributed by atoms with Gasteiger partial charge in [-0.05, 0) is 166 Å². The van der Waals surface area contributed by atoms with Crippen molar-refractivity contribution < 1.29 is 0 Å². The van der Waals surface area contributed by atoms with E-state index in [0.717, 1.165) is 0 Å². The smallest absolute Gasteiger partial charge is 0.000719 e. The molecule has 0 unspecified atom stereocenters. The van der Waals surface area contributed by atoms with E-state index in [0.29, 0.717) is 0 Å². The highest BCUT2D eigenvalue weighted by atomic mass is 14.3. The fraction of sp³-hybridized carbons (Fsp3) is 0. The van der Waals surface area contributed by atoms with Gasteiger partial charge in [-0.2, -0.15) is 0 Å². The molecule has 0 N–H and O–H groups in total. The van der Waals surface area contributed by atoms with Crippen LogP contribution in [-0.2, 0) is 0 Å². The van der Waals surface area contributed by atoms with E-state index < -0.39 is 0 Å². The molecule has 0 aromatic heterocycles. The van der Waals surface area contributed by atoms with E-state index in [-0.39, 0.29) is 0 Å². The molecule has 0 aliphatic heterocycles. The molecule has 0 bridgehead atoms. The molecular formula is C58H32. The van der Waals surface area contributed by atoms with Crippen molar-refractivity contribution in [2.24, 2.45) is 0 Å². The molecule has 264 valence electrons. The summed E-state index contributed by atoms with van der Waals surface area (Å²) in [7, 11) is 0. The maximum atomic E-state index is 2.49. The molecule has 0 nitrogen and oxygen atoms in total. The van der Waals surface area contributed by atoms with Crippen LogP contribution in [0.3, 0.4) is 0 Å². The molecule has 0 spiro atoms. The number of hydrogen-bond donors (Lipinski definition) is 0. The zero-order valence-electron chi connectivity index (χ0n) is 31.5. The SMILES string of the molecule is c1ccc(-c2c3c(c(-c4ccccc4)c4c2ccc2c5cc6c(cc5ccc24)-c2cc4ccccc4c4cccc-6c24)-c2cccc4c2c-3cc2ccccc24)cc1. The van der Waals surface area contributed by atoms with Crippen molar-refractivity contribution in [2.45, 2.75) is 0 Å². The van der Waals surface area contributed by atoms with E-state index in [1.807, 2.05) is 0 Å². The second-order valence-corrected chi connectivity index (χ2v) is 16.2. The highest BCUT2D eigenvalue weighted by molar-refractivity contribution is 6.35. The van der Waals surface area contributed by atoms with Gasteiger partial charge in [-0.15, -0.1) is 0 Å². The third-order valence-corrected chi connectivity index (χ3v) is 13.4. The average Bonchev–Trinajstić information content (AvgIpc) is 3.78. The van der Waals surface area contributed by atoms with Crippen molar-refractivity contribution in [3.63, 3.8) is 0 Å². The second kappa shape index (κ2) is 11.1. The average molecular weight is 729 g/mol. The van der Waals surface area contributed by atoms with Gasteiger partial charge < -0.3 is 0 Å². The van der Waals surface area contributed by atoms with Crippen LogP contribution in [0.25, 0.3) is 142 Å². The van der Waals surface area contributed by atoms with Crippen LogP contribution in [0, 0.1) is 0 Å². The van der Waals surface area contributed by atoms with Gasteiger partial charge in [-0.1, -0.05) is 170 Å². The molecule has 0 heteroatoms. The van der Waals surface area contributed by atoms with Crippen LogP contribution in [0.5, 0.6) is 0 Å². The van der Waals surface area contributed by atoms with Crippen molar-refractivity contribution in [1.82, 2.24) is 0 Å². The minimum Gasteiger partial charge on any atom is -0.0622 e. The van der Waals surface area contributed by atoms with Crippen LogP contribution in [-0.4, -0.2) is 0 Å². The van der Waals surface area contributed by atoms with Gasteiger partial charge in [0, 0.05) is 0 Å². The van der Waals surface area contributed by atoms with E-state index in [1.165, 1.54) is 142 Å². The first-order chi connectivity index (χ1) is 28.8. The summed E-state index contributed by atoms with van der Waals surface area (Å²) in [4.78, 5) is 0. The van der Waals surface area contributed by atoms with Crippen molar-refractivity contribution in [3.8, 4) is 66.8 Å². The van der Waals surface area contributed by atoms with Gasteiger partial charge in [0.25, 0.3) is 0 Å². The summed E-state index contributed by atoms with van der Waals surface area (Å²) in [6.07, 6.45) is 0. The lowest BCUT2D eigenvalue weighted by Gasteiger charge is -2.22. The Labute approximate surface area is 334 Å². The Balaban J connectivity index is 1.15. The van der Waals surface area contributed by atoms with Gasteiger partial charge in [0.2, 0.25) is 0 Å². The minimum absolute atomic E-state index is 1.24. The number of fused-ring (bicyclic) bond motifs is 15. The first kappa shape index (κ1) is 30.7.